The van der Waals surface area contributed by atoms with Crippen LogP contribution in [0.5, 0.6) is 0 Å². The molecule has 2 heterocycles. The van der Waals surface area contributed by atoms with Crippen LogP contribution in [0.25, 0.3) is 0 Å². The maximum atomic E-state index is 12.5. The lowest BCUT2D eigenvalue weighted by atomic mass is 10.2. The van der Waals surface area contributed by atoms with Gasteiger partial charge in [-0.25, -0.2) is 4.79 Å². The van der Waals surface area contributed by atoms with E-state index in [4.69, 9.17) is 9.84 Å². The first-order valence-electron chi connectivity index (χ1n) is 8.83. The molecular weight excluding hydrogens is 376 g/mol. The van der Waals surface area contributed by atoms with Crippen molar-refractivity contribution in [2.24, 2.45) is 0 Å². The lowest BCUT2D eigenvalue weighted by molar-refractivity contribution is -0.136. The minimum absolute atomic E-state index is 0.0631. The molecule has 0 fully saturated rings. The number of rotatable bonds is 7. The predicted octanol–water partition coefficient (Wildman–Crippen LogP) is 1.01. The number of benzene rings is 1. The molecule has 1 aromatic heterocycles. The molecule has 29 heavy (non-hydrogen) atoms. The topological polar surface area (TPSA) is 121 Å². The SMILES string of the molecule is COC(=O)C1=C(Nc2ccc(NC(=O)c3cccnc3)cc2)C(=O)N(CCO)C1. The molecule has 0 spiro atoms. The first-order valence-corrected chi connectivity index (χ1v) is 8.83. The number of β-amino-alcohol motifs (C(OH)–C–C–N with tert-alkyl or cyclic N) is 1. The summed E-state index contributed by atoms with van der Waals surface area (Å²) in [5, 5.41) is 14.8. The number of aliphatic hydroxyl groups excluding tert-OH is 1. The third-order valence-electron chi connectivity index (χ3n) is 4.29. The van der Waals surface area contributed by atoms with Crippen molar-refractivity contribution in [2.75, 3.05) is 37.4 Å². The summed E-state index contributed by atoms with van der Waals surface area (Å²) in [7, 11) is 1.24. The summed E-state index contributed by atoms with van der Waals surface area (Å²) in [4.78, 5) is 42.0. The van der Waals surface area contributed by atoms with Crippen LogP contribution >= 0.6 is 0 Å². The fraction of sp³-hybridized carbons (Fsp3) is 0.200. The number of aliphatic hydroxyl groups is 1. The molecule has 1 aliphatic heterocycles. The van der Waals surface area contributed by atoms with Gasteiger partial charge in [0.15, 0.2) is 0 Å². The summed E-state index contributed by atoms with van der Waals surface area (Å²) in [6, 6.07) is 10.0. The van der Waals surface area contributed by atoms with Gasteiger partial charge < -0.3 is 25.4 Å². The van der Waals surface area contributed by atoms with E-state index in [0.29, 0.717) is 16.9 Å². The standard InChI is InChI=1S/C20H20N4O5/c1-29-20(28)16-12-24(9-10-25)19(27)17(16)22-14-4-6-15(7-5-14)23-18(26)13-3-2-8-21-11-13/h2-8,11,22,25H,9-10,12H2,1H3,(H,23,26). The van der Waals surface area contributed by atoms with E-state index in [1.54, 1.807) is 42.6 Å². The molecule has 0 unspecified atom stereocenters. The van der Waals surface area contributed by atoms with E-state index in [0.717, 1.165) is 0 Å². The molecule has 3 rings (SSSR count). The van der Waals surface area contributed by atoms with E-state index in [-0.39, 0.29) is 36.9 Å². The number of aromatic nitrogens is 1. The predicted molar refractivity (Wildman–Crippen MR) is 105 cm³/mol. The third kappa shape index (κ3) is 4.58. The molecule has 150 valence electrons. The second-order valence-electron chi connectivity index (χ2n) is 6.19. The van der Waals surface area contributed by atoms with Crippen molar-refractivity contribution in [3.8, 4) is 0 Å². The van der Waals surface area contributed by atoms with Crippen LogP contribution in [0.1, 0.15) is 10.4 Å². The monoisotopic (exact) mass is 396 g/mol. The Hall–Kier alpha value is -3.72. The number of pyridine rings is 1. The third-order valence-corrected chi connectivity index (χ3v) is 4.29. The minimum Gasteiger partial charge on any atom is -0.466 e. The van der Waals surface area contributed by atoms with Gasteiger partial charge in [-0.1, -0.05) is 0 Å². The zero-order chi connectivity index (χ0) is 20.8. The number of carbonyl (C=O) groups excluding carboxylic acids is 3. The first kappa shape index (κ1) is 20.0. The van der Waals surface area contributed by atoms with E-state index in [1.807, 2.05) is 0 Å². The summed E-state index contributed by atoms with van der Waals surface area (Å²) in [5.74, 6) is -1.30. The van der Waals surface area contributed by atoms with Gasteiger partial charge >= 0.3 is 5.97 Å². The van der Waals surface area contributed by atoms with Gasteiger partial charge in [0.25, 0.3) is 11.8 Å². The van der Waals surface area contributed by atoms with E-state index < -0.39 is 11.9 Å². The van der Waals surface area contributed by atoms with Gasteiger partial charge in [-0.15, -0.1) is 0 Å². The second-order valence-corrected chi connectivity index (χ2v) is 6.19. The van der Waals surface area contributed by atoms with E-state index in [1.165, 1.54) is 18.2 Å². The van der Waals surface area contributed by atoms with Crippen LogP contribution in [0.4, 0.5) is 11.4 Å². The molecule has 3 N–H and O–H groups in total. The normalized spacial score (nSPS) is 13.4. The molecule has 0 saturated heterocycles. The van der Waals surface area contributed by atoms with E-state index in [9.17, 15) is 14.4 Å². The summed E-state index contributed by atoms with van der Waals surface area (Å²) < 4.78 is 4.75. The first-order chi connectivity index (χ1) is 14.0. The molecule has 0 bridgehead atoms. The molecule has 0 radical (unpaired) electrons. The number of anilines is 2. The molecule has 0 atom stereocenters. The Kier molecular flexibility index (Phi) is 6.20. The maximum Gasteiger partial charge on any atom is 0.337 e. The van der Waals surface area contributed by atoms with Gasteiger partial charge in [0, 0.05) is 30.3 Å². The van der Waals surface area contributed by atoms with Gasteiger partial charge in [0.05, 0.1) is 31.4 Å². The Bertz CT molecular complexity index is 941. The maximum absolute atomic E-state index is 12.5. The fourth-order valence-corrected chi connectivity index (χ4v) is 2.83. The number of nitrogens with one attached hydrogen (secondary N) is 2. The van der Waals surface area contributed by atoms with Crippen LogP contribution in [0.3, 0.4) is 0 Å². The number of carbonyl (C=O) groups is 3. The average Bonchev–Trinajstić information content (AvgIpc) is 3.05. The van der Waals surface area contributed by atoms with Crippen molar-refractivity contribution < 1.29 is 24.2 Å². The quantitative estimate of drug-likeness (QED) is 0.597. The molecule has 9 nitrogen and oxygen atoms in total. The number of methoxy groups -OCH3 is 1. The van der Waals surface area contributed by atoms with Crippen LogP contribution < -0.4 is 10.6 Å². The van der Waals surface area contributed by atoms with Crippen LogP contribution in [0, 0.1) is 0 Å². The molecule has 9 heteroatoms. The number of hydrogen-bond acceptors (Lipinski definition) is 7. The average molecular weight is 396 g/mol. The molecule has 2 aromatic rings. The van der Waals surface area contributed by atoms with Crippen molar-refractivity contribution in [3.63, 3.8) is 0 Å². The van der Waals surface area contributed by atoms with Gasteiger partial charge in [-0.2, -0.15) is 0 Å². The summed E-state index contributed by atoms with van der Waals surface area (Å²) in [5.41, 5.74) is 1.85. The molecular formula is C20H20N4O5. The Morgan fingerprint density at radius 1 is 1.21 bits per heavy atom. The van der Waals surface area contributed by atoms with Crippen molar-refractivity contribution in [3.05, 3.63) is 65.6 Å². The van der Waals surface area contributed by atoms with Gasteiger partial charge in [0.1, 0.15) is 5.70 Å². The van der Waals surface area contributed by atoms with E-state index in [2.05, 4.69) is 15.6 Å². The van der Waals surface area contributed by atoms with Crippen molar-refractivity contribution in [1.82, 2.24) is 9.88 Å². The molecule has 0 aliphatic carbocycles. The molecule has 1 aliphatic rings. The Balaban J connectivity index is 1.73. The minimum atomic E-state index is -0.610. The van der Waals surface area contributed by atoms with Crippen LogP contribution in [0.15, 0.2) is 60.1 Å². The number of amides is 2. The number of esters is 1. The molecule has 0 saturated carbocycles. The van der Waals surface area contributed by atoms with Crippen molar-refractivity contribution >= 4 is 29.2 Å². The molecule has 1 aromatic carbocycles. The lowest BCUT2D eigenvalue weighted by Gasteiger charge is -2.15. The Morgan fingerprint density at radius 3 is 2.55 bits per heavy atom. The van der Waals surface area contributed by atoms with Crippen molar-refractivity contribution in [2.45, 2.75) is 0 Å². The zero-order valence-corrected chi connectivity index (χ0v) is 15.7. The van der Waals surface area contributed by atoms with Gasteiger partial charge in [-0.3, -0.25) is 14.6 Å². The number of hydrogen-bond donors (Lipinski definition) is 3. The fourth-order valence-electron chi connectivity index (χ4n) is 2.83. The summed E-state index contributed by atoms with van der Waals surface area (Å²) in [6.45, 7) is -0.0315. The zero-order valence-electron chi connectivity index (χ0n) is 15.7. The van der Waals surface area contributed by atoms with Crippen LogP contribution in [0.2, 0.25) is 0 Å². The molecule has 2 amide bonds. The van der Waals surface area contributed by atoms with Gasteiger partial charge in [-0.05, 0) is 36.4 Å². The highest BCUT2D eigenvalue weighted by Crippen LogP contribution is 2.23. The highest BCUT2D eigenvalue weighted by molar-refractivity contribution is 6.08. The second kappa shape index (κ2) is 8.98. The van der Waals surface area contributed by atoms with Gasteiger partial charge in [0.2, 0.25) is 0 Å². The van der Waals surface area contributed by atoms with Crippen LogP contribution in [-0.4, -0.2) is 59.6 Å². The smallest absolute Gasteiger partial charge is 0.337 e. The largest absolute Gasteiger partial charge is 0.466 e. The van der Waals surface area contributed by atoms with Crippen molar-refractivity contribution in [1.29, 1.82) is 0 Å². The highest BCUT2D eigenvalue weighted by Gasteiger charge is 2.34. The van der Waals surface area contributed by atoms with Crippen LogP contribution in [-0.2, 0) is 14.3 Å². The Morgan fingerprint density at radius 2 is 1.93 bits per heavy atom. The Labute approximate surface area is 167 Å². The number of ether oxygens (including phenoxy) is 1. The lowest BCUT2D eigenvalue weighted by Crippen LogP contribution is -2.31. The summed E-state index contributed by atoms with van der Waals surface area (Å²) >= 11 is 0. The number of nitrogens with zero attached hydrogens (tertiary/aromatic N) is 2. The highest BCUT2D eigenvalue weighted by atomic mass is 16.5. The van der Waals surface area contributed by atoms with E-state index >= 15 is 0 Å². The summed E-state index contributed by atoms with van der Waals surface area (Å²) in [6.07, 6.45) is 3.05.